The van der Waals surface area contributed by atoms with Crippen LogP contribution in [0, 0.1) is 5.92 Å². The molecule has 1 aliphatic heterocycles. The lowest BCUT2D eigenvalue weighted by Crippen LogP contribution is -2.33. The number of hydrogen-bond donors (Lipinski definition) is 0. The van der Waals surface area contributed by atoms with Gasteiger partial charge in [-0.15, -0.1) is 23.2 Å². The van der Waals surface area contributed by atoms with Crippen molar-refractivity contribution in [3.8, 4) is 0 Å². The van der Waals surface area contributed by atoms with Gasteiger partial charge in [0.05, 0.1) is 0 Å². The molecule has 1 saturated heterocycles. The van der Waals surface area contributed by atoms with Crippen molar-refractivity contribution in [2.45, 2.75) is 35.3 Å². The van der Waals surface area contributed by atoms with Gasteiger partial charge in [0, 0.05) is 24.3 Å². The predicted molar refractivity (Wildman–Crippen MR) is 97.3 cm³/mol. The second kappa shape index (κ2) is 6.66. The molecule has 1 aromatic carbocycles. The zero-order valence-corrected chi connectivity index (χ0v) is 14.9. The minimum atomic E-state index is -0.578. The van der Waals surface area contributed by atoms with Crippen LogP contribution in [0.1, 0.15) is 36.5 Å². The Balaban J connectivity index is 1.72. The number of thioether (sulfide) groups is 1. The molecule has 1 heterocycles. The molecule has 1 aromatic rings. The molecular formula is C16H19Cl2NS2. The second-order valence-electron chi connectivity index (χ2n) is 5.83. The van der Waals surface area contributed by atoms with Gasteiger partial charge in [-0.05, 0) is 31.2 Å². The Morgan fingerprint density at radius 1 is 1.19 bits per heavy atom. The van der Waals surface area contributed by atoms with Crippen molar-refractivity contribution in [1.29, 1.82) is 0 Å². The van der Waals surface area contributed by atoms with Crippen molar-refractivity contribution in [3.05, 3.63) is 35.9 Å². The average molecular weight is 360 g/mol. The molecule has 3 rings (SSSR count). The van der Waals surface area contributed by atoms with Crippen molar-refractivity contribution in [2.75, 3.05) is 13.1 Å². The molecule has 0 bridgehead atoms. The summed E-state index contributed by atoms with van der Waals surface area (Å²) >= 11 is 20.1. The highest BCUT2D eigenvalue weighted by Crippen LogP contribution is 2.62. The van der Waals surface area contributed by atoms with Crippen LogP contribution in [0.25, 0.3) is 0 Å². The number of halogens is 2. The Morgan fingerprint density at radius 2 is 1.81 bits per heavy atom. The Bertz CT molecular complexity index is 500. The molecule has 0 amide bonds. The molecule has 0 spiro atoms. The fourth-order valence-corrected chi connectivity index (χ4v) is 5.41. The van der Waals surface area contributed by atoms with Crippen LogP contribution in [-0.4, -0.2) is 26.6 Å². The average Bonchev–Trinajstić information content (AvgIpc) is 3.14. The number of piperidine rings is 1. The smallest absolute Gasteiger partial charge is 0.136 e. The molecular weight excluding hydrogens is 341 g/mol. The molecule has 1 saturated carbocycles. The highest BCUT2D eigenvalue weighted by Gasteiger charge is 2.56. The van der Waals surface area contributed by atoms with Gasteiger partial charge in [-0.2, -0.15) is 0 Å². The minimum Gasteiger partial charge on any atom is -0.358 e. The molecule has 0 N–H and O–H groups in total. The first-order valence-corrected chi connectivity index (χ1v) is 9.50. The second-order valence-corrected chi connectivity index (χ2v) is 9.15. The summed E-state index contributed by atoms with van der Waals surface area (Å²) < 4.78 is 0.421. The largest absolute Gasteiger partial charge is 0.358 e. The molecule has 2 unspecified atom stereocenters. The van der Waals surface area contributed by atoms with Crippen molar-refractivity contribution in [1.82, 2.24) is 4.90 Å². The molecule has 0 radical (unpaired) electrons. The van der Waals surface area contributed by atoms with Gasteiger partial charge >= 0.3 is 0 Å². The van der Waals surface area contributed by atoms with Gasteiger partial charge in [-0.3, -0.25) is 0 Å². The maximum Gasteiger partial charge on any atom is 0.136 e. The van der Waals surface area contributed by atoms with Gasteiger partial charge < -0.3 is 4.90 Å². The van der Waals surface area contributed by atoms with Crippen LogP contribution in [0.5, 0.6) is 0 Å². The Labute approximate surface area is 146 Å². The van der Waals surface area contributed by atoms with Gasteiger partial charge in [0.2, 0.25) is 0 Å². The minimum absolute atomic E-state index is 0.260. The van der Waals surface area contributed by atoms with Crippen molar-refractivity contribution in [2.24, 2.45) is 5.92 Å². The molecule has 0 aromatic heterocycles. The topological polar surface area (TPSA) is 3.24 Å². The van der Waals surface area contributed by atoms with Crippen LogP contribution >= 0.6 is 47.2 Å². The predicted octanol–water partition coefficient (Wildman–Crippen LogP) is 5.43. The van der Waals surface area contributed by atoms with E-state index in [1.807, 2.05) is 6.07 Å². The normalized spacial score (nSPS) is 25.4. The van der Waals surface area contributed by atoms with Gasteiger partial charge in [0.1, 0.15) is 8.65 Å². The Kier molecular flexibility index (Phi) is 5.04. The summed E-state index contributed by atoms with van der Waals surface area (Å²) in [6.45, 7) is 2.18. The van der Waals surface area contributed by atoms with E-state index in [0.29, 0.717) is 0 Å². The van der Waals surface area contributed by atoms with Gasteiger partial charge in [0.25, 0.3) is 0 Å². The molecule has 114 valence electrons. The highest BCUT2D eigenvalue weighted by molar-refractivity contribution is 8.23. The van der Waals surface area contributed by atoms with E-state index >= 15 is 0 Å². The van der Waals surface area contributed by atoms with Gasteiger partial charge in [-0.1, -0.05) is 54.3 Å². The summed E-state index contributed by atoms with van der Waals surface area (Å²) in [5, 5.41) is 0.260. The van der Waals surface area contributed by atoms with E-state index in [1.54, 1.807) is 11.8 Å². The summed E-state index contributed by atoms with van der Waals surface area (Å²) in [5.74, 6) is 0.288. The lowest BCUT2D eigenvalue weighted by atomic mass is 10.1. The van der Waals surface area contributed by atoms with Crippen LogP contribution in [0.3, 0.4) is 0 Å². The van der Waals surface area contributed by atoms with E-state index in [2.05, 4.69) is 29.2 Å². The van der Waals surface area contributed by atoms with E-state index < -0.39 is 4.33 Å². The van der Waals surface area contributed by atoms with Crippen molar-refractivity contribution < 1.29 is 0 Å². The zero-order valence-electron chi connectivity index (χ0n) is 11.8. The molecule has 2 atom stereocenters. The SMILES string of the molecule is S=C(SC(c1ccccc1)C1CC1(Cl)Cl)N1CCCCC1. The molecule has 1 aliphatic carbocycles. The van der Waals surface area contributed by atoms with E-state index in [9.17, 15) is 0 Å². The first-order valence-electron chi connectivity index (χ1n) is 7.46. The number of rotatable bonds is 3. The Morgan fingerprint density at radius 3 is 2.38 bits per heavy atom. The monoisotopic (exact) mass is 359 g/mol. The molecule has 2 aliphatic rings. The number of benzene rings is 1. The fourth-order valence-electron chi connectivity index (χ4n) is 2.85. The van der Waals surface area contributed by atoms with Crippen molar-refractivity contribution in [3.63, 3.8) is 0 Å². The summed E-state index contributed by atoms with van der Waals surface area (Å²) in [6, 6.07) is 10.5. The van der Waals surface area contributed by atoms with Gasteiger partial charge in [-0.25, -0.2) is 0 Å². The van der Waals surface area contributed by atoms with Crippen LogP contribution in [-0.2, 0) is 0 Å². The fraction of sp³-hybridized carbons (Fsp3) is 0.562. The Hall–Kier alpha value is 0.0400. The standard InChI is InChI=1S/C16H19Cl2NS2/c17-16(18)11-13(16)14(12-7-3-1-4-8-12)21-15(20)19-9-5-2-6-10-19/h1,3-4,7-8,13-14H,2,5-6,9-11H2. The van der Waals surface area contributed by atoms with Crippen molar-refractivity contribution >= 4 is 51.5 Å². The zero-order chi connectivity index (χ0) is 14.9. The van der Waals surface area contributed by atoms with Gasteiger partial charge in [0.15, 0.2) is 0 Å². The van der Waals surface area contributed by atoms with Crippen LogP contribution < -0.4 is 0 Å². The maximum atomic E-state index is 6.32. The van der Waals surface area contributed by atoms with E-state index in [0.717, 1.165) is 23.8 Å². The molecule has 1 nitrogen and oxygen atoms in total. The third kappa shape index (κ3) is 3.87. The van der Waals surface area contributed by atoms with Crippen LogP contribution in [0.15, 0.2) is 30.3 Å². The van der Waals surface area contributed by atoms with E-state index in [-0.39, 0.29) is 11.2 Å². The summed E-state index contributed by atoms with van der Waals surface area (Å²) in [6.07, 6.45) is 4.66. The van der Waals surface area contributed by atoms with Crippen LogP contribution in [0.2, 0.25) is 0 Å². The number of likely N-dealkylation sites (tertiary alicyclic amines) is 1. The molecule has 21 heavy (non-hydrogen) atoms. The maximum absolute atomic E-state index is 6.32. The third-order valence-electron chi connectivity index (χ3n) is 4.21. The van der Waals surface area contributed by atoms with Crippen LogP contribution in [0.4, 0.5) is 0 Å². The summed E-state index contributed by atoms with van der Waals surface area (Å²) in [7, 11) is 0. The highest BCUT2D eigenvalue weighted by atomic mass is 35.5. The summed E-state index contributed by atoms with van der Waals surface area (Å²) in [4.78, 5) is 2.34. The first kappa shape index (κ1) is 15.9. The number of hydrogen-bond acceptors (Lipinski definition) is 2. The number of alkyl halides is 2. The third-order valence-corrected chi connectivity index (χ3v) is 6.94. The molecule has 5 heteroatoms. The lowest BCUT2D eigenvalue weighted by molar-refractivity contribution is 0.352. The molecule has 2 fully saturated rings. The first-order chi connectivity index (χ1) is 10.1. The number of thiocarbonyl (C=S) groups is 1. The summed E-state index contributed by atoms with van der Waals surface area (Å²) in [5.41, 5.74) is 1.27. The lowest BCUT2D eigenvalue weighted by Gasteiger charge is -2.30. The number of nitrogens with zero attached hydrogens (tertiary/aromatic N) is 1. The van der Waals surface area contributed by atoms with E-state index in [4.69, 9.17) is 35.4 Å². The quantitative estimate of drug-likeness (QED) is 0.523. The van der Waals surface area contributed by atoms with E-state index in [1.165, 1.54) is 24.8 Å².